The van der Waals surface area contributed by atoms with Crippen molar-refractivity contribution >= 4 is 19.5 Å². The predicted molar refractivity (Wildman–Crippen MR) is 74.6 cm³/mol. The van der Waals surface area contributed by atoms with E-state index in [-0.39, 0.29) is 11.8 Å². The van der Waals surface area contributed by atoms with E-state index in [1.54, 1.807) is 7.85 Å². The number of carbonyl (C=O) groups excluding carboxylic acids is 1. The Bertz CT molecular complexity index is 413. The zero-order chi connectivity index (χ0) is 13.1. The molecule has 6 heteroatoms. The van der Waals surface area contributed by atoms with Gasteiger partial charge in [0.1, 0.15) is 5.82 Å². The van der Waals surface area contributed by atoms with Gasteiger partial charge in [0.2, 0.25) is 7.85 Å². The molecule has 1 aliphatic heterocycles. The highest BCUT2D eigenvalue weighted by molar-refractivity contribution is 6.56. The topological polar surface area (TPSA) is 62.5 Å². The van der Waals surface area contributed by atoms with Gasteiger partial charge < -0.3 is 15.5 Å². The molecule has 0 bridgehead atoms. The number of nitrogens with zero attached hydrogens (tertiary/aromatic N) is 3. The van der Waals surface area contributed by atoms with Crippen LogP contribution in [0.5, 0.6) is 0 Å². The maximum absolute atomic E-state index is 11.2. The first-order valence-corrected chi connectivity index (χ1v) is 6.30. The van der Waals surface area contributed by atoms with Crippen molar-refractivity contribution in [3.05, 3.63) is 23.9 Å². The number of amides is 1. The van der Waals surface area contributed by atoms with Crippen molar-refractivity contribution in [2.45, 2.75) is 13.0 Å². The van der Waals surface area contributed by atoms with E-state index in [1.807, 2.05) is 30.2 Å². The number of aromatic nitrogens is 1. The van der Waals surface area contributed by atoms with Crippen molar-refractivity contribution in [2.24, 2.45) is 5.73 Å². The third-order valence-electron chi connectivity index (χ3n) is 3.35. The number of pyridine rings is 1. The molecule has 1 aliphatic rings. The van der Waals surface area contributed by atoms with Crippen LogP contribution in [0.1, 0.15) is 18.5 Å². The SMILES string of the molecule is BC(=O)N1CCN(c2ccc(C(C)N)cn2)CC1. The summed E-state index contributed by atoms with van der Waals surface area (Å²) in [5.74, 6) is 1.11. The summed E-state index contributed by atoms with van der Waals surface area (Å²) >= 11 is 0. The molecule has 96 valence electrons. The summed E-state index contributed by atoms with van der Waals surface area (Å²) in [6.07, 6.45) is 1.83. The fraction of sp³-hybridized carbons (Fsp3) is 0.500. The molecule has 18 heavy (non-hydrogen) atoms. The van der Waals surface area contributed by atoms with E-state index in [2.05, 4.69) is 9.88 Å². The van der Waals surface area contributed by atoms with Crippen molar-refractivity contribution in [3.8, 4) is 0 Å². The number of carbonyl (C=O) groups is 1. The Morgan fingerprint density at radius 3 is 2.50 bits per heavy atom. The molecule has 0 aliphatic carbocycles. The van der Waals surface area contributed by atoms with Crippen LogP contribution in [0.25, 0.3) is 0 Å². The molecule has 0 saturated carbocycles. The van der Waals surface area contributed by atoms with Crippen LogP contribution in [0, 0.1) is 0 Å². The van der Waals surface area contributed by atoms with Gasteiger partial charge in [-0.05, 0) is 18.6 Å². The summed E-state index contributed by atoms with van der Waals surface area (Å²) in [6.45, 7) is 5.16. The monoisotopic (exact) mass is 246 g/mol. The van der Waals surface area contributed by atoms with Crippen LogP contribution in [0.2, 0.25) is 0 Å². The fourth-order valence-corrected chi connectivity index (χ4v) is 2.10. The molecule has 2 heterocycles. The average molecular weight is 246 g/mol. The largest absolute Gasteiger partial charge is 0.353 e. The highest BCUT2D eigenvalue weighted by Crippen LogP contribution is 2.16. The molecule has 5 nitrogen and oxygen atoms in total. The van der Waals surface area contributed by atoms with Crippen LogP contribution in [0.4, 0.5) is 10.6 Å². The first-order valence-electron chi connectivity index (χ1n) is 6.30. The van der Waals surface area contributed by atoms with Crippen LogP contribution in [-0.2, 0) is 0 Å². The van der Waals surface area contributed by atoms with E-state index in [1.165, 1.54) is 0 Å². The maximum Gasteiger partial charge on any atom is 0.215 e. The number of piperazine rings is 1. The Labute approximate surface area is 108 Å². The second-order valence-electron chi connectivity index (χ2n) is 4.73. The quantitative estimate of drug-likeness (QED) is 0.745. The van der Waals surface area contributed by atoms with E-state index in [9.17, 15) is 4.79 Å². The predicted octanol–water partition coefficient (Wildman–Crippen LogP) is -0.0236. The molecule has 1 amide bonds. The van der Waals surface area contributed by atoms with Crippen molar-refractivity contribution in [1.29, 1.82) is 0 Å². The van der Waals surface area contributed by atoms with Crippen molar-refractivity contribution in [1.82, 2.24) is 9.88 Å². The molecule has 0 radical (unpaired) electrons. The van der Waals surface area contributed by atoms with E-state index in [0.717, 1.165) is 37.6 Å². The Morgan fingerprint density at radius 2 is 2.06 bits per heavy atom. The molecule has 2 rings (SSSR count). The van der Waals surface area contributed by atoms with Gasteiger partial charge >= 0.3 is 0 Å². The number of hydrogen-bond donors (Lipinski definition) is 1. The number of hydrogen-bond acceptors (Lipinski definition) is 4. The van der Waals surface area contributed by atoms with E-state index in [0.29, 0.717) is 0 Å². The second kappa shape index (κ2) is 5.39. The van der Waals surface area contributed by atoms with Gasteiger partial charge in [-0.15, -0.1) is 0 Å². The third kappa shape index (κ3) is 2.82. The number of nitrogens with two attached hydrogens (primary N) is 1. The summed E-state index contributed by atoms with van der Waals surface area (Å²) in [6, 6.07) is 4.04. The van der Waals surface area contributed by atoms with Crippen molar-refractivity contribution in [3.63, 3.8) is 0 Å². The van der Waals surface area contributed by atoms with Crippen LogP contribution in [-0.4, -0.2) is 49.7 Å². The first kappa shape index (κ1) is 12.9. The van der Waals surface area contributed by atoms with Gasteiger partial charge in [0, 0.05) is 38.4 Å². The highest BCUT2D eigenvalue weighted by atomic mass is 16.1. The summed E-state index contributed by atoms with van der Waals surface area (Å²) in [5, 5.41) is 0. The first-order chi connectivity index (χ1) is 8.58. The standard InChI is InChI=1S/C12H19BN4O/c1-9(14)10-2-3-11(15-8-10)16-4-6-17(7-5-16)12(13)18/h2-3,8-9H,4-7,13-14H2,1H3. The lowest BCUT2D eigenvalue weighted by Gasteiger charge is -2.35. The summed E-state index contributed by atoms with van der Waals surface area (Å²) in [5.41, 5.74) is 6.84. The van der Waals surface area contributed by atoms with Crippen molar-refractivity contribution < 1.29 is 4.79 Å². The Morgan fingerprint density at radius 1 is 1.39 bits per heavy atom. The van der Waals surface area contributed by atoms with Gasteiger partial charge in [-0.3, -0.25) is 4.79 Å². The Hall–Kier alpha value is -1.56. The zero-order valence-corrected chi connectivity index (χ0v) is 11.0. The molecule has 1 saturated heterocycles. The second-order valence-corrected chi connectivity index (χ2v) is 4.73. The molecular weight excluding hydrogens is 227 g/mol. The summed E-state index contributed by atoms with van der Waals surface area (Å²) in [7, 11) is 1.62. The molecule has 1 atom stereocenters. The zero-order valence-electron chi connectivity index (χ0n) is 11.0. The maximum atomic E-state index is 11.2. The molecular formula is C12H19BN4O. The lowest BCUT2D eigenvalue weighted by atomic mass is 10.1. The van der Waals surface area contributed by atoms with Crippen LogP contribution in [0.15, 0.2) is 18.3 Å². The molecule has 1 unspecified atom stereocenters. The molecule has 0 spiro atoms. The molecule has 1 aromatic heterocycles. The van der Waals surface area contributed by atoms with Crippen LogP contribution in [0.3, 0.4) is 0 Å². The van der Waals surface area contributed by atoms with Gasteiger partial charge in [0.25, 0.3) is 0 Å². The molecule has 2 N–H and O–H groups in total. The van der Waals surface area contributed by atoms with E-state index < -0.39 is 0 Å². The summed E-state index contributed by atoms with van der Waals surface area (Å²) < 4.78 is 0. The van der Waals surface area contributed by atoms with E-state index in [4.69, 9.17) is 5.73 Å². The smallest absolute Gasteiger partial charge is 0.215 e. The highest BCUT2D eigenvalue weighted by Gasteiger charge is 2.19. The normalized spacial score (nSPS) is 17.7. The van der Waals surface area contributed by atoms with Crippen molar-refractivity contribution in [2.75, 3.05) is 31.1 Å². The molecule has 1 aromatic rings. The molecule has 1 fully saturated rings. The third-order valence-corrected chi connectivity index (χ3v) is 3.35. The van der Waals surface area contributed by atoms with Gasteiger partial charge in [0.05, 0.1) is 0 Å². The lowest BCUT2D eigenvalue weighted by molar-refractivity contribution is 0.218. The number of anilines is 1. The minimum Gasteiger partial charge on any atom is -0.353 e. The minimum atomic E-state index is 0.0149. The Balaban J connectivity index is 1.99. The van der Waals surface area contributed by atoms with Crippen LogP contribution >= 0.6 is 0 Å². The molecule has 0 aromatic carbocycles. The fourth-order valence-electron chi connectivity index (χ4n) is 2.10. The summed E-state index contributed by atoms with van der Waals surface area (Å²) in [4.78, 5) is 19.7. The van der Waals surface area contributed by atoms with Gasteiger partial charge in [-0.2, -0.15) is 0 Å². The van der Waals surface area contributed by atoms with Gasteiger partial charge in [-0.1, -0.05) is 6.07 Å². The van der Waals surface area contributed by atoms with Gasteiger partial charge in [0.15, 0.2) is 5.81 Å². The van der Waals surface area contributed by atoms with Crippen LogP contribution < -0.4 is 10.6 Å². The Kier molecular flexibility index (Phi) is 3.86. The lowest BCUT2D eigenvalue weighted by Crippen LogP contribution is -2.48. The van der Waals surface area contributed by atoms with E-state index >= 15 is 0 Å². The van der Waals surface area contributed by atoms with Gasteiger partial charge in [-0.25, -0.2) is 4.98 Å². The minimum absolute atomic E-state index is 0.0149. The average Bonchev–Trinajstić information content (AvgIpc) is 2.39. The number of rotatable bonds is 2.